The fourth-order valence-electron chi connectivity index (χ4n) is 3.31. The van der Waals surface area contributed by atoms with Gasteiger partial charge >= 0.3 is 0 Å². The van der Waals surface area contributed by atoms with Crippen molar-refractivity contribution in [3.05, 3.63) is 48.1 Å². The van der Waals surface area contributed by atoms with Crippen LogP contribution < -0.4 is 4.74 Å². The number of nitrogens with zero attached hydrogens (tertiary/aromatic N) is 8. The van der Waals surface area contributed by atoms with Gasteiger partial charge in [0, 0.05) is 28.8 Å². The van der Waals surface area contributed by atoms with E-state index < -0.39 is 0 Å². The smallest absolute Gasteiger partial charge is 0.241 e. The maximum atomic E-state index is 5.41. The van der Waals surface area contributed by atoms with Crippen molar-refractivity contribution in [1.82, 2.24) is 39.5 Å². The van der Waals surface area contributed by atoms with E-state index in [1.807, 2.05) is 36.7 Å². The van der Waals surface area contributed by atoms with Gasteiger partial charge in [0.05, 0.1) is 19.2 Å². The normalized spacial score (nSPS) is 11.5. The third kappa shape index (κ3) is 2.42. The van der Waals surface area contributed by atoms with Crippen LogP contribution in [0.1, 0.15) is 17.3 Å². The number of hydrogen-bond donors (Lipinski definition) is 0. The van der Waals surface area contributed by atoms with E-state index in [-0.39, 0.29) is 0 Å². The van der Waals surface area contributed by atoms with Gasteiger partial charge < -0.3 is 13.8 Å². The molecule has 0 fully saturated rings. The summed E-state index contributed by atoms with van der Waals surface area (Å²) in [5.41, 5.74) is 4.93. The highest BCUT2D eigenvalue weighted by atomic mass is 16.5. The van der Waals surface area contributed by atoms with Gasteiger partial charge in [-0.3, -0.25) is 0 Å². The molecule has 0 aromatic carbocycles. The summed E-state index contributed by atoms with van der Waals surface area (Å²) >= 11 is 0. The average Bonchev–Trinajstić information content (AvgIpc) is 3.39. The van der Waals surface area contributed by atoms with Crippen molar-refractivity contribution in [2.24, 2.45) is 0 Å². The minimum Gasteiger partial charge on any atom is -0.479 e. The van der Waals surface area contributed by atoms with E-state index in [1.165, 1.54) is 6.33 Å². The number of hydrogen-bond acceptors (Lipinski definition) is 8. The summed E-state index contributed by atoms with van der Waals surface area (Å²) in [5, 5.41) is 11.8. The molecule has 28 heavy (non-hydrogen) atoms. The fourth-order valence-corrected chi connectivity index (χ4v) is 3.31. The lowest BCUT2D eigenvalue weighted by Gasteiger charge is -2.07. The molecule has 0 aliphatic carbocycles. The zero-order chi connectivity index (χ0) is 19.3. The zero-order valence-corrected chi connectivity index (χ0v) is 15.5. The van der Waals surface area contributed by atoms with Crippen LogP contribution in [-0.4, -0.2) is 46.6 Å². The highest BCUT2D eigenvalue weighted by molar-refractivity contribution is 5.87. The lowest BCUT2D eigenvalue weighted by Crippen LogP contribution is -2.02. The van der Waals surface area contributed by atoms with Gasteiger partial charge in [0.1, 0.15) is 23.4 Å². The highest BCUT2D eigenvalue weighted by Gasteiger charge is 2.17. The van der Waals surface area contributed by atoms with Crippen LogP contribution in [0.15, 0.2) is 35.4 Å². The van der Waals surface area contributed by atoms with Gasteiger partial charge in [-0.05, 0) is 26.0 Å². The molecule has 0 aliphatic rings. The number of pyridine rings is 1. The van der Waals surface area contributed by atoms with E-state index in [2.05, 4.69) is 30.4 Å². The summed E-state index contributed by atoms with van der Waals surface area (Å²) in [6, 6.07) is 4.01. The molecule has 10 heteroatoms. The van der Waals surface area contributed by atoms with Crippen molar-refractivity contribution < 1.29 is 9.26 Å². The minimum absolute atomic E-state index is 0.481. The number of aryl methyl sites for hydroxylation is 2. The second-order valence-electron chi connectivity index (χ2n) is 6.39. The Hall–Kier alpha value is -3.82. The molecule has 0 unspecified atom stereocenters. The Labute approximate surface area is 158 Å². The molecule has 10 nitrogen and oxygen atoms in total. The molecular formula is C18H16N8O2. The van der Waals surface area contributed by atoms with Gasteiger partial charge in [-0.2, -0.15) is 10.1 Å². The Kier molecular flexibility index (Phi) is 3.57. The maximum absolute atomic E-state index is 5.41. The standard InChI is InChI=1S/C18H16N8O2/c1-10-15(28-24-23-10)8-25-11(2)22-17-14(25)6-12(7-19-17)13-4-5-26-16(13)18(27-3)20-9-21-26/h4-7,9H,8H2,1-3H3. The van der Waals surface area contributed by atoms with E-state index in [0.29, 0.717) is 23.8 Å². The number of methoxy groups -OCH3 is 1. The van der Waals surface area contributed by atoms with E-state index in [4.69, 9.17) is 9.26 Å². The van der Waals surface area contributed by atoms with Gasteiger partial charge in [0.15, 0.2) is 11.4 Å². The van der Waals surface area contributed by atoms with Crippen molar-refractivity contribution >= 4 is 16.7 Å². The van der Waals surface area contributed by atoms with Gasteiger partial charge in [0.25, 0.3) is 0 Å². The van der Waals surface area contributed by atoms with Crippen LogP contribution in [0.25, 0.3) is 27.8 Å². The molecule has 5 heterocycles. The fraction of sp³-hybridized carbons (Fsp3) is 0.222. The summed E-state index contributed by atoms with van der Waals surface area (Å²) in [6.07, 6.45) is 5.12. The monoisotopic (exact) mass is 376 g/mol. The van der Waals surface area contributed by atoms with Crippen molar-refractivity contribution in [1.29, 1.82) is 0 Å². The summed E-state index contributed by atoms with van der Waals surface area (Å²) in [7, 11) is 1.59. The molecule has 5 aromatic heterocycles. The first-order valence-corrected chi connectivity index (χ1v) is 8.63. The molecule has 5 rings (SSSR count). The van der Waals surface area contributed by atoms with E-state index in [1.54, 1.807) is 17.8 Å². The molecule has 140 valence electrons. The minimum atomic E-state index is 0.481. The largest absolute Gasteiger partial charge is 0.479 e. The summed E-state index contributed by atoms with van der Waals surface area (Å²) in [5.74, 6) is 2.03. The first-order chi connectivity index (χ1) is 13.7. The summed E-state index contributed by atoms with van der Waals surface area (Å²) < 4.78 is 14.4. The van der Waals surface area contributed by atoms with Crippen molar-refractivity contribution in [2.45, 2.75) is 20.4 Å². The molecule has 0 atom stereocenters. The predicted octanol–water partition coefficient (Wildman–Crippen LogP) is 2.20. The molecule has 0 aliphatic heterocycles. The first-order valence-electron chi connectivity index (χ1n) is 8.63. The molecule has 0 N–H and O–H groups in total. The molecule has 0 amide bonds. The van der Waals surface area contributed by atoms with Gasteiger partial charge in [0.2, 0.25) is 5.88 Å². The van der Waals surface area contributed by atoms with Crippen molar-refractivity contribution in [3.8, 4) is 17.0 Å². The maximum Gasteiger partial charge on any atom is 0.241 e. The summed E-state index contributed by atoms with van der Waals surface area (Å²) in [6.45, 7) is 4.28. The van der Waals surface area contributed by atoms with Crippen LogP contribution in [0.3, 0.4) is 0 Å². The van der Waals surface area contributed by atoms with Crippen LogP contribution in [0.4, 0.5) is 0 Å². The number of aromatic nitrogens is 8. The van der Waals surface area contributed by atoms with Crippen LogP contribution in [0, 0.1) is 13.8 Å². The predicted molar refractivity (Wildman–Crippen MR) is 98.9 cm³/mol. The molecule has 0 radical (unpaired) electrons. The molecule has 5 aromatic rings. The molecular weight excluding hydrogens is 360 g/mol. The summed E-state index contributed by atoms with van der Waals surface area (Å²) in [4.78, 5) is 13.3. The second kappa shape index (κ2) is 6.12. The average molecular weight is 376 g/mol. The lowest BCUT2D eigenvalue weighted by atomic mass is 10.1. The van der Waals surface area contributed by atoms with Crippen LogP contribution >= 0.6 is 0 Å². The Balaban J connectivity index is 1.68. The van der Waals surface area contributed by atoms with Gasteiger partial charge in [-0.25, -0.2) is 14.5 Å². The third-order valence-corrected chi connectivity index (χ3v) is 4.77. The number of ether oxygens (including phenoxy) is 1. The van der Waals surface area contributed by atoms with E-state index >= 15 is 0 Å². The molecule has 0 bridgehead atoms. The van der Waals surface area contributed by atoms with Crippen LogP contribution in [0.2, 0.25) is 0 Å². The van der Waals surface area contributed by atoms with Crippen LogP contribution in [0.5, 0.6) is 5.88 Å². The number of fused-ring (bicyclic) bond motifs is 2. The third-order valence-electron chi connectivity index (χ3n) is 4.77. The van der Waals surface area contributed by atoms with Gasteiger partial charge in [-0.1, -0.05) is 0 Å². The topological polar surface area (TPSA) is 109 Å². The molecule has 0 spiro atoms. The zero-order valence-electron chi connectivity index (χ0n) is 15.5. The first kappa shape index (κ1) is 16.4. The van der Waals surface area contributed by atoms with Crippen molar-refractivity contribution in [3.63, 3.8) is 0 Å². The Morgan fingerprint density at radius 3 is 2.89 bits per heavy atom. The molecule has 0 saturated carbocycles. The number of imidazole rings is 1. The SMILES string of the molecule is COc1ncnn2ccc(-c3cnc4nc(C)n(Cc5onnc5C)c4c3)c12. The van der Waals surface area contributed by atoms with E-state index in [0.717, 1.165) is 33.7 Å². The molecule has 0 saturated heterocycles. The highest BCUT2D eigenvalue weighted by Crippen LogP contribution is 2.31. The second-order valence-corrected chi connectivity index (χ2v) is 6.39. The van der Waals surface area contributed by atoms with Crippen LogP contribution in [-0.2, 0) is 6.54 Å². The Bertz CT molecular complexity index is 1320. The Morgan fingerprint density at radius 1 is 1.21 bits per heavy atom. The van der Waals surface area contributed by atoms with Gasteiger partial charge in [-0.15, -0.1) is 5.10 Å². The van der Waals surface area contributed by atoms with Crippen molar-refractivity contribution in [2.75, 3.05) is 7.11 Å². The Morgan fingerprint density at radius 2 is 2.11 bits per heavy atom. The quantitative estimate of drug-likeness (QED) is 0.469. The lowest BCUT2D eigenvalue weighted by molar-refractivity contribution is 0.356. The van der Waals surface area contributed by atoms with E-state index in [9.17, 15) is 0 Å². The number of rotatable bonds is 4.